The largest absolute Gasteiger partial charge is 0.478 e. The molecule has 32 heavy (non-hydrogen) atoms. The molecular weight excluding hydrogens is 424 g/mol. The van der Waals surface area contributed by atoms with Crippen molar-refractivity contribution in [3.05, 3.63) is 77.3 Å². The highest BCUT2D eigenvalue weighted by molar-refractivity contribution is 6.34. The summed E-state index contributed by atoms with van der Waals surface area (Å²) in [5, 5.41) is 3.29. The second-order valence-corrected chi connectivity index (χ2v) is 8.88. The number of carbonyl (C=O) groups excluding carboxylic acids is 1. The second kappa shape index (κ2) is 8.67. The lowest BCUT2D eigenvalue weighted by Gasteiger charge is -2.25. The summed E-state index contributed by atoms with van der Waals surface area (Å²) >= 11 is 6.37. The third kappa shape index (κ3) is 4.63. The van der Waals surface area contributed by atoms with Crippen LogP contribution in [0.3, 0.4) is 0 Å². The van der Waals surface area contributed by atoms with E-state index in [0.29, 0.717) is 39.4 Å². The zero-order valence-electron chi connectivity index (χ0n) is 18.5. The molecule has 0 aliphatic carbocycles. The molecule has 4 rings (SSSR count). The van der Waals surface area contributed by atoms with E-state index in [0.717, 1.165) is 5.52 Å². The van der Waals surface area contributed by atoms with E-state index in [1.807, 2.05) is 42.5 Å². The number of nitrogens with one attached hydrogen (secondary N) is 1. The van der Waals surface area contributed by atoms with Crippen LogP contribution in [0.1, 0.15) is 39.2 Å². The molecule has 1 N–H and O–H groups in total. The van der Waals surface area contributed by atoms with Gasteiger partial charge in [-0.05, 0) is 67.8 Å². The van der Waals surface area contributed by atoms with Crippen molar-refractivity contribution < 1.29 is 13.9 Å². The van der Waals surface area contributed by atoms with Gasteiger partial charge in [0.1, 0.15) is 11.3 Å². The maximum atomic E-state index is 12.9. The van der Waals surface area contributed by atoms with Gasteiger partial charge >= 0.3 is 0 Å². The molecule has 5 nitrogen and oxygen atoms in total. The van der Waals surface area contributed by atoms with Crippen molar-refractivity contribution >= 4 is 34.3 Å². The summed E-state index contributed by atoms with van der Waals surface area (Å²) in [7, 11) is 0. The van der Waals surface area contributed by atoms with Crippen LogP contribution in [0.25, 0.3) is 22.6 Å². The van der Waals surface area contributed by atoms with Gasteiger partial charge in [0, 0.05) is 5.56 Å². The molecule has 0 unspecified atom stereocenters. The number of halogens is 1. The van der Waals surface area contributed by atoms with E-state index in [2.05, 4.69) is 24.1 Å². The number of nitrogens with zero attached hydrogens (tertiary/aromatic N) is 1. The highest BCUT2D eigenvalue weighted by Crippen LogP contribution is 2.32. The standard InChI is InChI=1S/C26H25ClN2O3/c1-16(2)17-11-13-23-22(14-17)28-24(31-23)18-10-12-20(27)21(15-18)29-25(30)26(3,4)32-19-8-6-5-7-9-19/h5-16H,1-4H3,(H,29,30). The molecular formula is C26H25ClN2O3. The van der Waals surface area contributed by atoms with E-state index in [4.69, 9.17) is 20.8 Å². The van der Waals surface area contributed by atoms with Gasteiger partial charge in [0.05, 0.1) is 10.7 Å². The number of oxazole rings is 1. The van der Waals surface area contributed by atoms with E-state index in [1.165, 1.54) is 5.56 Å². The molecule has 1 aromatic heterocycles. The number of rotatable bonds is 6. The van der Waals surface area contributed by atoms with Crippen LogP contribution < -0.4 is 10.1 Å². The Morgan fingerprint density at radius 2 is 1.81 bits per heavy atom. The monoisotopic (exact) mass is 448 g/mol. The van der Waals surface area contributed by atoms with Crippen molar-refractivity contribution in [1.82, 2.24) is 4.98 Å². The van der Waals surface area contributed by atoms with Crippen molar-refractivity contribution in [2.45, 2.75) is 39.2 Å². The number of carbonyl (C=O) groups is 1. The fourth-order valence-corrected chi connectivity index (χ4v) is 3.45. The number of aromatic nitrogens is 1. The summed E-state index contributed by atoms with van der Waals surface area (Å²) in [6, 6.07) is 20.5. The van der Waals surface area contributed by atoms with Gasteiger partial charge in [0.15, 0.2) is 11.2 Å². The predicted octanol–water partition coefficient (Wildman–Crippen LogP) is 7.07. The van der Waals surface area contributed by atoms with Crippen molar-refractivity contribution in [1.29, 1.82) is 0 Å². The average Bonchev–Trinajstić information content (AvgIpc) is 3.19. The summed E-state index contributed by atoms with van der Waals surface area (Å²) in [5.41, 5.74) is 2.78. The van der Waals surface area contributed by atoms with Crippen LogP contribution in [0.15, 0.2) is 71.1 Å². The minimum atomic E-state index is -1.11. The van der Waals surface area contributed by atoms with Gasteiger partial charge in [-0.1, -0.05) is 49.7 Å². The summed E-state index contributed by atoms with van der Waals surface area (Å²) in [5.74, 6) is 1.16. The molecule has 0 saturated carbocycles. The molecule has 0 aliphatic rings. The summed E-state index contributed by atoms with van der Waals surface area (Å²) in [4.78, 5) is 17.6. The predicted molar refractivity (Wildman–Crippen MR) is 128 cm³/mol. The minimum absolute atomic E-state index is 0.320. The SMILES string of the molecule is CC(C)c1ccc2oc(-c3ccc(Cl)c(NC(=O)C(C)(C)Oc4ccccc4)c3)nc2c1. The van der Waals surface area contributed by atoms with Crippen LogP contribution in [0, 0.1) is 0 Å². The summed E-state index contributed by atoms with van der Waals surface area (Å²) in [6.45, 7) is 7.69. The number of anilines is 1. The van der Waals surface area contributed by atoms with Crippen LogP contribution in [0.2, 0.25) is 5.02 Å². The van der Waals surface area contributed by atoms with Crippen LogP contribution >= 0.6 is 11.6 Å². The smallest absolute Gasteiger partial charge is 0.268 e. The highest BCUT2D eigenvalue weighted by Gasteiger charge is 2.30. The average molecular weight is 449 g/mol. The maximum Gasteiger partial charge on any atom is 0.268 e. The minimum Gasteiger partial charge on any atom is -0.478 e. The van der Waals surface area contributed by atoms with Crippen LogP contribution in [-0.4, -0.2) is 16.5 Å². The van der Waals surface area contributed by atoms with E-state index < -0.39 is 5.60 Å². The Hall–Kier alpha value is -3.31. The van der Waals surface area contributed by atoms with Crippen molar-refractivity contribution in [3.8, 4) is 17.2 Å². The molecule has 0 fully saturated rings. The highest BCUT2D eigenvalue weighted by atomic mass is 35.5. The van der Waals surface area contributed by atoms with E-state index in [-0.39, 0.29) is 5.91 Å². The van der Waals surface area contributed by atoms with Gasteiger partial charge in [0.25, 0.3) is 5.91 Å². The van der Waals surface area contributed by atoms with Gasteiger partial charge in [-0.3, -0.25) is 4.79 Å². The third-order valence-electron chi connectivity index (χ3n) is 5.20. The number of ether oxygens (including phenoxy) is 1. The van der Waals surface area contributed by atoms with Crippen molar-refractivity contribution in [2.75, 3.05) is 5.32 Å². The van der Waals surface area contributed by atoms with Gasteiger partial charge < -0.3 is 14.5 Å². The van der Waals surface area contributed by atoms with Crippen LogP contribution in [0.4, 0.5) is 5.69 Å². The normalized spacial score (nSPS) is 11.7. The molecule has 3 aromatic carbocycles. The first-order valence-corrected chi connectivity index (χ1v) is 10.9. The Morgan fingerprint density at radius 3 is 2.53 bits per heavy atom. The summed E-state index contributed by atoms with van der Waals surface area (Å²) < 4.78 is 11.8. The molecule has 0 atom stereocenters. The zero-order chi connectivity index (χ0) is 22.9. The number of hydrogen-bond acceptors (Lipinski definition) is 4. The lowest BCUT2D eigenvalue weighted by atomic mass is 10.0. The van der Waals surface area contributed by atoms with Gasteiger partial charge in [-0.2, -0.15) is 0 Å². The molecule has 0 aliphatic heterocycles. The molecule has 0 radical (unpaired) electrons. The molecule has 1 heterocycles. The van der Waals surface area contributed by atoms with Crippen molar-refractivity contribution in [2.24, 2.45) is 0 Å². The molecule has 0 spiro atoms. The lowest BCUT2D eigenvalue weighted by molar-refractivity contribution is -0.128. The first-order valence-electron chi connectivity index (χ1n) is 10.5. The number of amides is 1. The first-order chi connectivity index (χ1) is 15.2. The fraction of sp³-hybridized carbons (Fsp3) is 0.231. The Balaban J connectivity index is 1.59. The van der Waals surface area contributed by atoms with E-state index >= 15 is 0 Å². The molecule has 164 valence electrons. The van der Waals surface area contributed by atoms with E-state index in [1.54, 1.807) is 38.1 Å². The third-order valence-corrected chi connectivity index (χ3v) is 5.53. The van der Waals surface area contributed by atoms with Crippen LogP contribution in [-0.2, 0) is 4.79 Å². The Kier molecular flexibility index (Phi) is 5.94. The van der Waals surface area contributed by atoms with Crippen molar-refractivity contribution in [3.63, 3.8) is 0 Å². The first kappa shape index (κ1) is 21.9. The Labute approximate surface area is 192 Å². The van der Waals surface area contributed by atoms with Gasteiger partial charge in [0.2, 0.25) is 5.89 Å². The quantitative estimate of drug-likeness (QED) is 0.342. The topological polar surface area (TPSA) is 64.4 Å². The molecule has 0 bridgehead atoms. The van der Waals surface area contributed by atoms with Gasteiger partial charge in [-0.15, -0.1) is 0 Å². The lowest BCUT2D eigenvalue weighted by Crippen LogP contribution is -2.42. The zero-order valence-corrected chi connectivity index (χ0v) is 19.2. The van der Waals surface area contributed by atoms with Crippen LogP contribution in [0.5, 0.6) is 5.75 Å². The molecule has 1 amide bonds. The number of fused-ring (bicyclic) bond motifs is 1. The fourth-order valence-electron chi connectivity index (χ4n) is 3.28. The molecule has 6 heteroatoms. The van der Waals surface area contributed by atoms with E-state index in [9.17, 15) is 4.79 Å². The Bertz CT molecular complexity index is 1260. The second-order valence-electron chi connectivity index (χ2n) is 8.48. The molecule has 0 saturated heterocycles. The number of hydrogen-bond donors (Lipinski definition) is 1. The maximum absolute atomic E-state index is 12.9. The number of para-hydroxylation sites is 1. The number of benzene rings is 3. The summed E-state index contributed by atoms with van der Waals surface area (Å²) in [6.07, 6.45) is 0. The molecule has 4 aromatic rings. The Morgan fingerprint density at radius 1 is 1.06 bits per heavy atom. The van der Waals surface area contributed by atoms with Gasteiger partial charge in [-0.25, -0.2) is 4.98 Å².